The van der Waals surface area contributed by atoms with Crippen molar-refractivity contribution < 1.29 is 18.6 Å². The van der Waals surface area contributed by atoms with Crippen molar-refractivity contribution in [1.29, 1.82) is 0 Å². The van der Waals surface area contributed by atoms with Crippen LogP contribution in [0.2, 0.25) is 0 Å². The molecule has 0 spiro atoms. The second-order valence-corrected chi connectivity index (χ2v) is 11.3. The molecule has 3 aromatic heterocycles. The van der Waals surface area contributed by atoms with Gasteiger partial charge >= 0.3 is 0 Å². The largest absolute Gasteiger partial charge is 0.508 e. The van der Waals surface area contributed by atoms with Crippen molar-refractivity contribution in [2.75, 3.05) is 29.9 Å². The first-order chi connectivity index (χ1) is 20.8. The first-order valence-electron chi connectivity index (χ1n) is 14.4. The number of aromatic hydroxyl groups is 1. The number of hydrogen-bond donors (Lipinski definition) is 2. The van der Waals surface area contributed by atoms with Gasteiger partial charge in [0.2, 0.25) is 0 Å². The van der Waals surface area contributed by atoms with Crippen LogP contribution in [-0.2, 0) is 4.74 Å². The predicted octanol–water partition coefficient (Wildman–Crippen LogP) is 7.65. The van der Waals surface area contributed by atoms with Crippen LogP contribution in [-0.4, -0.2) is 45.9 Å². The van der Waals surface area contributed by atoms with Gasteiger partial charge in [-0.3, -0.25) is 9.97 Å². The fourth-order valence-electron chi connectivity index (χ4n) is 5.64. The summed E-state index contributed by atoms with van der Waals surface area (Å²) in [6.45, 7) is 8.26. The molecule has 1 aliphatic rings. The highest BCUT2D eigenvalue weighted by Crippen LogP contribution is 2.40. The molecule has 0 amide bonds. The summed E-state index contributed by atoms with van der Waals surface area (Å²) in [5, 5.41) is 13.6. The summed E-state index contributed by atoms with van der Waals surface area (Å²) in [5.74, 6) is -0.788. The molecule has 9 heteroatoms. The molecular formula is C34H33F2N5O2. The number of nitrogens with one attached hydrogen (secondary N) is 1. The average molecular weight is 582 g/mol. The highest BCUT2D eigenvalue weighted by atomic mass is 19.1. The number of phenolic OH excluding ortho intramolecular Hbond substituents is 1. The van der Waals surface area contributed by atoms with Crippen molar-refractivity contribution in [3.8, 4) is 28.4 Å². The third-order valence-corrected chi connectivity index (χ3v) is 7.67. The van der Waals surface area contributed by atoms with Crippen molar-refractivity contribution >= 4 is 28.0 Å². The second kappa shape index (κ2) is 11.9. The maximum atomic E-state index is 15.5. The Labute approximate surface area is 249 Å². The van der Waals surface area contributed by atoms with E-state index >= 15 is 4.39 Å². The van der Waals surface area contributed by atoms with Gasteiger partial charge in [-0.1, -0.05) is 19.9 Å². The normalized spacial score (nSPS) is 15.3. The Morgan fingerprint density at radius 1 is 1.05 bits per heavy atom. The van der Waals surface area contributed by atoms with E-state index in [1.165, 1.54) is 6.07 Å². The van der Waals surface area contributed by atoms with Crippen molar-refractivity contribution in [2.45, 2.75) is 33.3 Å². The fraction of sp³-hybridized carbons (Fsp3) is 0.265. The van der Waals surface area contributed by atoms with E-state index < -0.39 is 11.6 Å². The van der Waals surface area contributed by atoms with Crippen LogP contribution in [0.5, 0.6) is 5.75 Å². The van der Waals surface area contributed by atoms with Gasteiger partial charge in [-0.15, -0.1) is 0 Å². The van der Waals surface area contributed by atoms with E-state index in [1.807, 2.05) is 31.3 Å². The zero-order valence-electron chi connectivity index (χ0n) is 24.3. The van der Waals surface area contributed by atoms with Crippen LogP contribution in [0.15, 0.2) is 73.1 Å². The van der Waals surface area contributed by atoms with Gasteiger partial charge < -0.3 is 20.1 Å². The number of fused-ring (bicyclic) bond motifs is 1. The van der Waals surface area contributed by atoms with Crippen LogP contribution >= 0.6 is 0 Å². The Kier molecular flexibility index (Phi) is 7.90. The zero-order chi connectivity index (χ0) is 30.1. The van der Waals surface area contributed by atoms with Gasteiger partial charge in [0.05, 0.1) is 64.0 Å². The van der Waals surface area contributed by atoms with Crippen LogP contribution in [0.25, 0.3) is 33.5 Å². The number of aromatic nitrogens is 3. The highest BCUT2D eigenvalue weighted by Gasteiger charge is 2.24. The predicted molar refractivity (Wildman–Crippen MR) is 166 cm³/mol. The van der Waals surface area contributed by atoms with Gasteiger partial charge in [0.25, 0.3) is 0 Å². The molecule has 1 aliphatic heterocycles. The van der Waals surface area contributed by atoms with E-state index in [-0.39, 0.29) is 22.8 Å². The van der Waals surface area contributed by atoms with Crippen molar-refractivity contribution in [2.24, 2.45) is 5.92 Å². The number of pyridine rings is 3. The summed E-state index contributed by atoms with van der Waals surface area (Å²) in [5.41, 5.74) is 5.28. The summed E-state index contributed by atoms with van der Waals surface area (Å²) >= 11 is 0. The molecule has 2 aromatic carbocycles. The molecule has 4 heterocycles. The summed E-state index contributed by atoms with van der Waals surface area (Å²) in [6, 6.07) is 16.3. The topological polar surface area (TPSA) is 83.4 Å². The molecule has 0 aliphatic carbocycles. The molecule has 220 valence electrons. The first-order valence-corrected chi connectivity index (χ1v) is 14.4. The van der Waals surface area contributed by atoms with Crippen LogP contribution in [0, 0.1) is 24.5 Å². The van der Waals surface area contributed by atoms with Crippen molar-refractivity contribution in [3.05, 3.63) is 90.3 Å². The van der Waals surface area contributed by atoms with E-state index in [0.29, 0.717) is 53.1 Å². The molecule has 1 atom stereocenters. The number of morpholine rings is 1. The Morgan fingerprint density at radius 2 is 1.86 bits per heavy atom. The minimum absolute atomic E-state index is 0.109. The summed E-state index contributed by atoms with van der Waals surface area (Å²) in [4.78, 5) is 16.2. The lowest BCUT2D eigenvalue weighted by atomic mass is 10.0. The molecular weight excluding hydrogens is 548 g/mol. The highest BCUT2D eigenvalue weighted by molar-refractivity contribution is 5.99. The Balaban J connectivity index is 1.51. The maximum absolute atomic E-state index is 15.5. The van der Waals surface area contributed by atoms with E-state index in [4.69, 9.17) is 9.72 Å². The monoisotopic (exact) mass is 581 g/mol. The fourth-order valence-corrected chi connectivity index (χ4v) is 5.64. The van der Waals surface area contributed by atoms with Gasteiger partial charge in [0, 0.05) is 42.5 Å². The van der Waals surface area contributed by atoms with E-state index in [1.54, 1.807) is 36.5 Å². The number of phenols is 1. The number of ether oxygens (including phenoxy) is 1. The molecule has 6 rings (SSSR count). The second-order valence-electron chi connectivity index (χ2n) is 11.3. The third kappa shape index (κ3) is 5.99. The van der Waals surface area contributed by atoms with Gasteiger partial charge in [-0.05, 0) is 61.7 Å². The number of anilines is 3. The minimum Gasteiger partial charge on any atom is -0.508 e. The standard InChI is InChI=1S/C34H33F2N5O2/c1-20(2)14-26-19-41(12-13-43-26)24-17-30(34(38-18-24)22-7-9-25(42)10-8-22)40-33-21(3)32(28-6-4-5-11-37-28)39-29-16-23(35)15-27(36)31(29)33/h4-11,15-18,20,26,42H,12-14,19H2,1-3H3,(H,39,40). The maximum Gasteiger partial charge on any atom is 0.137 e. The Bertz CT molecular complexity index is 1760. The number of halogens is 2. The van der Waals surface area contributed by atoms with Crippen molar-refractivity contribution in [1.82, 2.24) is 15.0 Å². The lowest BCUT2D eigenvalue weighted by Crippen LogP contribution is -2.43. The Morgan fingerprint density at radius 3 is 2.60 bits per heavy atom. The third-order valence-electron chi connectivity index (χ3n) is 7.67. The molecule has 1 saturated heterocycles. The lowest BCUT2D eigenvalue weighted by Gasteiger charge is -2.35. The summed E-state index contributed by atoms with van der Waals surface area (Å²) < 4.78 is 36.0. The molecule has 0 saturated carbocycles. The van der Waals surface area contributed by atoms with Crippen LogP contribution in [0.3, 0.4) is 0 Å². The molecule has 5 aromatic rings. The van der Waals surface area contributed by atoms with Crippen LogP contribution < -0.4 is 10.2 Å². The summed E-state index contributed by atoms with van der Waals surface area (Å²) in [7, 11) is 0. The Hall–Kier alpha value is -4.63. The molecule has 43 heavy (non-hydrogen) atoms. The molecule has 2 N–H and O–H groups in total. The quantitative estimate of drug-likeness (QED) is 0.204. The number of hydrogen-bond acceptors (Lipinski definition) is 7. The molecule has 0 radical (unpaired) electrons. The molecule has 1 unspecified atom stereocenters. The number of nitrogens with zero attached hydrogens (tertiary/aromatic N) is 4. The van der Waals surface area contributed by atoms with Crippen molar-refractivity contribution in [3.63, 3.8) is 0 Å². The van der Waals surface area contributed by atoms with Crippen LogP contribution in [0.4, 0.5) is 25.8 Å². The average Bonchev–Trinajstić information content (AvgIpc) is 2.99. The van der Waals surface area contributed by atoms with E-state index in [2.05, 4.69) is 34.0 Å². The van der Waals surface area contributed by atoms with Gasteiger partial charge in [-0.2, -0.15) is 0 Å². The summed E-state index contributed by atoms with van der Waals surface area (Å²) in [6.07, 6.45) is 4.55. The smallest absolute Gasteiger partial charge is 0.137 e. The van der Waals surface area contributed by atoms with Crippen LogP contribution in [0.1, 0.15) is 25.8 Å². The van der Waals surface area contributed by atoms with Gasteiger partial charge in [0.15, 0.2) is 0 Å². The lowest BCUT2D eigenvalue weighted by molar-refractivity contribution is 0.0275. The first kappa shape index (κ1) is 28.5. The number of rotatable bonds is 7. The van der Waals surface area contributed by atoms with E-state index in [9.17, 15) is 9.50 Å². The zero-order valence-corrected chi connectivity index (χ0v) is 24.3. The van der Waals surface area contributed by atoms with Gasteiger partial charge in [0.1, 0.15) is 17.4 Å². The van der Waals surface area contributed by atoms with E-state index in [0.717, 1.165) is 30.3 Å². The number of benzene rings is 2. The molecule has 1 fully saturated rings. The molecule has 0 bridgehead atoms. The minimum atomic E-state index is -0.722. The SMILES string of the molecule is Cc1c(-c2ccccn2)nc2cc(F)cc(F)c2c1Nc1cc(N2CCOC(CC(C)C)C2)cnc1-c1ccc(O)cc1. The van der Waals surface area contributed by atoms with Gasteiger partial charge in [-0.25, -0.2) is 13.8 Å². The molecule has 7 nitrogen and oxygen atoms in total.